The number of pyridine rings is 1. The van der Waals surface area contributed by atoms with Crippen molar-refractivity contribution < 1.29 is 8.78 Å². The highest BCUT2D eigenvalue weighted by Gasteiger charge is 2.11. The molecule has 19 heavy (non-hydrogen) atoms. The molecule has 0 aliphatic heterocycles. The van der Waals surface area contributed by atoms with Crippen LogP contribution in [0.3, 0.4) is 0 Å². The molecule has 0 radical (unpaired) electrons. The molecule has 0 atom stereocenters. The number of nitrogens with two attached hydrogens (primary N) is 1. The Morgan fingerprint density at radius 2 is 1.89 bits per heavy atom. The zero-order chi connectivity index (χ0) is 14.3. The molecule has 0 aliphatic rings. The van der Waals surface area contributed by atoms with Crippen LogP contribution in [-0.2, 0) is 0 Å². The minimum Gasteiger partial charge on any atom is -0.366 e. The molecule has 4 N–H and O–H groups in total. The van der Waals surface area contributed by atoms with Crippen molar-refractivity contribution in [3.8, 4) is 0 Å². The summed E-state index contributed by atoms with van der Waals surface area (Å²) >= 11 is 0. The average molecular weight is 273 g/mol. The lowest BCUT2D eigenvalue weighted by molar-refractivity contribution is 0.300. The van der Waals surface area contributed by atoms with Gasteiger partial charge in [0, 0.05) is 19.2 Å². The summed E-state index contributed by atoms with van der Waals surface area (Å²) in [5, 5.41) is 2.85. The Morgan fingerprint density at radius 1 is 1.21 bits per heavy atom. The molecule has 1 aromatic heterocycles. The van der Waals surface area contributed by atoms with Crippen molar-refractivity contribution in [2.24, 2.45) is 5.84 Å². The number of likely N-dealkylation sites (N-methyl/N-ethyl adjacent to an activating group) is 1. The van der Waals surface area contributed by atoms with Gasteiger partial charge in [-0.15, -0.1) is 0 Å². The molecule has 108 valence electrons. The van der Waals surface area contributed by atoms with E-state index >= 15 is 0 Å². The summed E-state index contributed by atoms with van der Waals surface area (Å²) in [6, 6.07) is 0.758. The first-order chi connectivity index (χ1) is 9.12. The summed E-state index contributed by atoms with van der Waals surface area (Å²) in [4.78, 5) is 5.98. The zero-order valence-corrected chi connectivity index (χ0v) is 11.3. The molecule has 0 unspecified atom stereocenters. The van der Waals surface area contributed by atoms with Gasteiger partial charge in [0.05, 0.1) is 0 Å². The Morgan fingerprint density at radius 3 is 2.47 bits per heavy atom. The minimum atomic E-state index is -0.813. The van der Waals surface area contributed by atoms with E-state index in [1.54, 1.807) is 0 Å². The summed E-state index contributed by atoms with van der Waals surface area (Å²) in [6.45, 7) is 7.42. The van der Waals surface area contributed by atoms with Gasteiger partial charge >= 0.3 is 0 Å². The highest BCUT2D eigenvalue weighted by molar-refractivity contribution is 5.46. The fourth-order valence-electron chi connectivity index (χ4n) is 1.77. The fraction of sp³-hybridized carbons (Fsp3) is 0.583. The molecule has 5 nitrogen and oxygen atoms in total. The second-order valence-corrected chi connectivity index (χ2v) is 4.15. The molecule has 0 aliphatic carbocycles. The first-order valence-electron chi connectivity index (χ1n) is 6.41. The third-order valence-electron chi connectivity index (χ3n) is 2.77. The molecule has 0 spiro atoms. The van der Waals surface area contributed by atoms with E-state index in [1.165, 1.54) is 0 Å². The summed E-state index contributed by atoms with van der Waals surface area (Å²) in [7, 11) is 0. The Balaban J connectivity index is 2.57. The van der Waals surface area contributed by atoms with Gasteiger partial charge in [-0.05, 0) is 19.5 Å². The fourth-order valence-corrected chi connectivity index (χ4v) is 1.77. The van der Waals surface area contributed by atoms with Gasteiger partial charge in [0.2, 0.25) is 0 Å². The number of nitrogens with one attached hydrogen (secondary N) is 2. The molecular weight excluding hydrogens is 252 g/mol. The molecule has 0 saturated carbocycles. The van der Waals surface area contributed by atoms with Crippen LogP contribution in [-0.4, -0.2) is 36.1 Å². The van der Waals surface area contributed by atoms with E-state index < -0.39 is 11.6 Å². The monoisotopic (exact) mass is 273 g/mol. The van der Waals surface area contributed by atoms with Crippen molar-refractivity contribution in [3.05, 3.63) is 17.7 Å². The molecule has 1 rings (SSSR count). The average Bonchev–Trinajstić information content (AvgIpc) is 2.40. The van der Waals surface area contributed by atoms with Crippen LogP contribution in [0.25, 0.3) is 0 Å². The smallest absolute Gasteiger partial charge is 0.178 e. The zero-order valence-electron chi connectivity index (χ0n) is 11.3. The maximum atomic E-state index is 13.5. The van der Waals surface area contributed by atoms with E-state index in [0.717, 1.165) is 32.1 Å². The predicted molar refractivity (Wildman–Crippen MR) is 72.9 cm³/mol. The molecule has 0 saturated heterocycles. The van der Waals surface area contributed by atoms with Crippen LogP contribution in [0.2, 0.25) is 0 Å². The van der Waals surface area contributed by atoms with Crippen LogP contribution in [0.15, 0.2) is 6.07 Å². The molecule has 1 aromatic rings. The van der Waals surface area contributed by atoms with Crippen LogP contribution in [0.1, 0.15) is 20.3 Å². The first-order valence-corrected chi connectivity index (χ1v) is 6.41. The van der Waals surface area contributed by atoms with Crippen LogP contribution in [0, 0.1) is 11.6 Å². The van der Waals surface area contributed by atoms with Crippen molar-refractivity contribution in [3.63, 3.8) is 0 Å². The number of hydrogen-bond donors (Lipinski definition) is 3. The SMILES string of the molecule is CCCN(CC)CCNc1nc(NN)c(F)cc1F. The van der Waals surface area contributed by atoms with Crippen molar-refractivity contribution in [1.82, 2.24) is 9.88 Å². The molecular formula is C12H21F2N5. The van der Waals surface area contributed by atoms with E-state index in [0.29, 0.717) is 6.54 Å². The number of halogens is 2. The number of hydrazine groups is 1. The molecule has 0 fully saturated rings. The third kappa shape index (κ3) is 4.60. The minimum absolute atomic E-state index is 0.00176. The molecule has 0 amide bonds. The van der Waals surface area contributed by atoms with E-state index in [-0.39, 0.29) is 11.6 Å². The highest BCUT2D eigenvalue weighted by Crippen LogP contribution is 2.17. The number of anilines is 2. The molecule has 1 heterocycles. The topological polar surface area (TPSA) is 66.2 Å². The quantitative estimate of drug-likeness (QED) is 0.498. The van der Waals surface area contributed by atoms with Gasteiger partial charge in [-0.2, -0.15) is 0 Å². The summed E-state index contributed by atoms with van der Waals surface area (Å²) in [6.07, 6.45) is 1.07. The van der Waals surface area contributed by atoms with Gasteiger partial charge < -0.3 is 15.6 Å². The standard InChI is InChI=1S/C12H21F2N5/c1-3-6-19(4-2)7-5-16-11-9(13)8-10(14)12(17-11)18-15/h8H,3-7,15H2,1-2H3,(H2,16,17,18). The molecule has 7 heteroatoms. The number of aromatic nitrogens is 1. The largest absolute Gasteiger partial charge is 0.366 e. The van der Waals surface area contributed by atoms with E-state index in [1.807, 2.05) is 0 Å². The maximum Gasteiger partial charge on any atom is 0.178 e. The lowest BCUT2D eigenvalue weighted by atomic mass is 10.3. The Hall–Kier alpha value is -1.47. The number of nitrogens with zero attached hydrogens (tertiary/aromatic N) is 2. The molecule has 0 bridgehead atoms. The van der Waals surface area contributed by atoms with Crippen molar-refractivity contribution in [1.29, 1.82) is 0 Å². The number of rotatable bonds is 8. The Kier molecular flexibility index (Phi) is 6.44. The lowest BCUT2D eigenvalue weighted by Crippen LogP contribution is -2.30. The van der Waals surface area contributed by atoms with Crippen LogP contribution < -0.4 is 16.6 Å². The van der Waals surface area contributed by atoms with E-state index in [4.69, 9.17) is 5.84 Å². The summed E-state index contributed by atoms with van der Waals surface area (Å²) in [5.41, 5.74) is 2.09. The van der Waals surface area contributed by atoms with Gasteiger partial charge in [0.25, 0.3) is 0 Å². The summed E-state index contributed by atoms with van der Waals surface area (Å²) < 4.78 is 26.6. The van der Waals surface area contributed by atoms with Crippen molar-refractivity contribution in [2.45, 2.75) is 20.3 Å². The molecule has 0 aromatic carbocycles. The highest BCUT2D eigenvalue weighted by atomic mass is 19.1. The Labute approximate surface area is 112 Å². The normalized spacial score (nSPS) is 10.8. The van der Waals surface area contributed by atoms with E-state index in [9.17, 15) is 8.78 Å². The van der Waals surface area contributed by atoms with Crippen LogP contribution in [0.5, 0.6) is 0 Å². The van der Waals surface area contributed by atoms with E-state index in [2.05, 4.69) is 34.5 Å². The number of nitrogen functional groups attached to an aromatic ring is 1. The van der Waals surface area contributed by atoms with Crippen LogP contribution in [0.4, 0.5) is 20.4 Å². The first kappa shape index (κ1) is 15.6. The van der Waals surface area contributed by atoms with Gasteiger partial charge in [-0.25, -0.2) is 19.6 Å². The van der Waals surface area contributed by atoms with Gasteiger partial charge in [-0.3, -0.25) is 0 Å². The number of hydrogen-bond acceptors (Lipinski definition) is 5. The van der Waals surface area contributed by atoms with Gasteiger partial charge in [0.1, 0.15) is 0 Å². The third-order valence-corrected chi connectivity index (χ3v) is 2.77. The lowest BCUT2D eigenvalue weighted by Gasteiger charge is -2.19. The van der Waals surface area contributed by atoms with Crippen LogP contribution >= 0.6 is 0 Å². The van der Waals surface area contributed by atoms with Crippen molar-refractivity contribution in [2.75, 3.05) is 36.9 Å². The second-order valence-electron chi connectivity index (χ2n) is 4.15. The van der Waals surface area contributed by atoms with Crippen molar-refractivity contribution >= 4 is 11.6 Å². The Bertz CT molecular complexity index is 400. The van der Waals surface area contributed by atoms with Gasteiger partial charge in [-0.1, -0.05) is 13.8 Å². The van der Waals surface area contributed by atoms with Gasteiger partial charge in [0.15, 0.2) is 23.3 Å². The second kappa shape index (κ2) is 7.85. The summed E-state index contributed by atoms with van der Waals surface area (Å²) in [5.74, 6) is 3.38. The maximum absolute atomic E-state index is 13.5. The predicted octanol–water partition coefficient (Wildman–Crippen LogP) is 1.79.